The van der Waals surface area contributed by atoms with E-state index in [1.165, 1.54) is 16.4 Å². The van der Waals surface area contributed by atoms with Gasteiger partial charge in [0.05, 0.1) is 0 Å². The average Bonchev–Trinajstić information content (AvgIpc) is 2.39. The van der Waals surface area contributed by atoms with Crippen molar-refractivity contribution >= 4 is 41.9 Å². The van der Waals surface area contributed by atoms with Gasteiger partial charge in [0.2, 0.25) is 10.0 Å². The molecule has 0 bridgehead atoms. The summed E-state index contributed by atoms with van der Waals surface area (Å²) in [7, 11) is -3.76. The number of halogens is 3. The number of hydrogen-bond acceptors (Lipinski definition) is 2. The fourth-order valence-corrected chi connectivity index (χ4v) is 5.15. The van der Waals surface area contributed by atoms with Gasteiger partial charge in [0.1, 0.15) is 10.7 Å². The predicted octanol–water partition coefficient (Wildman–Crippen LogP) is 3.92. The number of piperidine rings is 1. The molecule has 0 spiro atoms. The van der Waals surface area contributed by atoms with Crippen LogP contribution in [-0.2, 0) is 10.0 Å². The Morgan fingerprint density at radius 3 is 2.75 bits per heavy atom. The fraction of sp³-hybridized carbons (Fsp3) is 0.538. The van der Waals surface area contributed by atoms with Crippen LogP contribution in [0.3, 0.4) is 0 Å². The first kappa shape index (κ1) is 16.4. The van der Waals surface area contributed by atoms with Gasteiger partial charge in [0, 0.05) is 22.4 Å². The number of alkyl halides is 1. The van der Waals surface area contributed by atoms with E-state index in [1.807, 2.05) is 0 Å². The topological polar surface area (TPSA) is 37.4 Å². The molecule has 0 N–H and O–H groups in total. The lowest BCUT2D eigenvalue weighted by Crippen LogP contribution is -2.44. The van der Waals surface area contributed by atoms with Crippen molar-refractivity contribution in [3.63, 3.8) is 0 Å². The molecule has 0 radical (unpaired) electrons. The van der Waals surface area contributed by atoms with E-state index < -0.39 is 15.8 Å². The van der Waals surface area contributed by atoms with E-state index in [9.17, 15) is 12.8 Å². The van der Waals surface area contributed by atoms with Gasteiger partial charge in [-0.25, -0.2) is 12.8 Å². The van der Waals surface area contributed by atoms with E-state index in [2.05, 4.69) is 31.9 Å². The van der Waals surface area contributed by atoms with Crippen LogP contribution in [0.25, 0.3) is 0 Å². The van der Waals surface area contributed by atoms with E-state index in [0.29, 0.717) is 11.0 Å². The van der Waals surface area contributed by atoms with E-state index in [0.717, 1.165) is 31.0 Å². The van der Waals surface area contributed by atoms with E-state index in [1.54, 1.807) is 6.07 Å². The number of rotatable bonds is 4. The van der Waals surface area contributed by atoms with Gasteiger partial charge < -0.3 is 0 Å². The van der Waals surface area contributed by atoms with Crippen LogP contribution in [0.5, 0.6) is 0 Å². The molecule has 1 aromatic carbocycles. The standard InChI is InChI=1S/C13H16Br2FNO2S/c14-7-6-11-3-1-2-8-17(11)20(18,19)13-5-4-10(15)9-12(13)16/h4-5,9,11H,1-3,6-8H2. The van der Waals surface area contributed by atoms with Gasteiger partial charge in [-0.1, -0.05) is 38.3 Å². The second-order valence-electron chi connectivity index (χ2n) is 4.82. The SMILES string of the molecule is O=S(=O)(c1ccc(Br)cc1F)N1CCCCC1CCBr. The van der Waals surface area contributed by atoms with Crippen LogP contribution in [0.1, 0.15) is 25.7 Å². The molecule has 7 heteroatoms. The summed E-state index contributed by atoms with van der Waals surface area (Å²) in [5, 5.41) is 0.743. The largest absolute Gasteiger partial charge is 0.246 e. The van der Waals surface area contributed by atoms with Crippen molar-refractivity contribution in [1.82, 2.24) is 4.31 Å². The van der Waals surface area contributed by atoms with Crippen molar-refractivity contribution in [1.29, 1.82) is 0 Å². The van der Waals surface area contributed by atoms with Gasteiger partial charge in [0.15, 0.2) is 0 Å². The molecule has 2 rings (SSSR count). The minimum Gasteiger partial charge on any atom is -0.207 e. The highest BCUT2D eigenvalue weighted by Crippen LogP contribution is 2.29. The molecule has 1 aromatic rings. The number of nitrogens with zero attached hydrogens (tertiary/aromatic N) is 1. The summed E-state index contributed by atoms with van der Waals surface area (Å²) in [5.74, 6) is -0.706. The molecular formula is C13H16Br2FNO2S. The number of benzene rings is 1. The zero-order valence-corrected chi connectivity index (χ0v) is 14.8. The van der Waals surface area contributed by atoms with Gasteiger partial charge >= 0.3 is 0 Å². The average molecular weight is 429 g/mol. The second-order valence-corrected chi connectivity index (χ2v) is 8.39. The van der Waals surface area contributed by atoms with Crippen LogP contribution >= 0.6 is 31.9 Å². The quantitative estimate of drug-likeness (QED) is 0.681. The maximum atomic E-state index is 14.0. The summed E-state index contributed by atoms with van der Waals surface area (Å²) in [5.41, 5.74) is 0. The van der Waals surface area contributed by atoms with E-state index in [-0.39, 0.29) is 10.9 Å². The predicted molar refractivity (Wildman–Crippen MR) is 84.0 cm³/mol. The second kappa shape index (κ2) is 6.85. The minimum atomic E-state index is -3.76. The van der Waals surface area contributed by atoms with Crippen molar-refractivity contribution in [3.8, 4) is 0 Å². The molecule has 0 saturated carbocycles. The first-order valence-electron chi connectivity index (χ1n) is 6.49. The highest BCUT2D eigenvalue weighted by molar-refractivity contribution is 9.10. The molecule has 0 aromatic heterocycles. The Labute approximate surface area is 135 Å². The summed E-state index contributed by atoms with van der Waals surface area (Å²) >= 11 is 6.50. The number of hydrogen-bond donors (Lipinski definition) is 0. The molecule has 1 aliphatic rings. The third-order valence-corrected chi connectivity index (χ3v) is 6.43. The lowest BCUT2D eigenvalue weighted by molar-refractivity contribution is 0.247. The van der Waals surface area contributed by atoms with Gasteiger partial charge in [-0.3, -0.25) is 0 Å². The van der Waals surface area contributed by atoms with E-state index >= 15 is 0 Å². The van der Waals surface area contributed by atoms with E-state index in [4.69, 9.17) is 0 Å². The fourth-order valence-electron chi connectivity index (χ4n) is 2.52. The lowest BCUT2D eigenvalue weighted by Gasteiger charge is -2.34. The Kier molecular flexibility index (Phi) is 5.62. The van der Waals surface area contributed by atoms with Crippen LogP contribution in [0, 0.1) is 5.82 Å². The van der Waals surface area contributed by atoms with Crippen LogP contribution in [-0.4, -0.2) is 30.6 Å². The smallest absolute Gasteiger partial charge is 0.207 e. The molecule has 20 heavy (non-hydrogen) atoms. The lowest BCUT2D eigenvalue weighted by atomic mass is 10.0. The Morgan fingerprint density at radius 1 is 1.35 bits per heavy atom. The monoisotopic (exact) mass is 427 g/mol. The van der Waals surface area contributed by atoms with Gasteiger partial charge in [-0.2, -0.15) is 4.31 Å². The van der Waals surface area contributed by atoms with Crippen LogP contribution in [0.15, 0.2) is 27.6 Å². The van der Waals surface area contributed by atoms with Crippen molar-refractivity contribution in [2.45, 2.75) is 36.6 Å². The van der Waals surface area contributed by atoms with Crippen molar-refractivity contribution in [2.75, 3.05) is 11.9 Å². The molecular weight excluding hydrogens is 413 g/mol. The van der Waals surface area contributed by atoms with Crippen LogP contribution in [0.4, 0.5) is 4.39 Å². The maximum Gasteiger partial charge on any atom is 0.246 e. The Bertz CT molecular complexity index is 578. The highest BCUT2D eigenvalue weighted by Gasteiger charge is 2.34. The molecule has 1 atom stereocenters. The van der Waals surface area contributed by atoms with Crippen molar-refractivity contribution in [3.05, 3.63) is 28.5 Å². The molecule has 1 aliphatic heterocycles. The maximum absolute atomic E-state index is 14.0. The zero-order valence-electron chi connectivity index (χ0n) is 10.9. The van der Waals surface area contributed by atoms with Crippen molar-refractivity contribution in [2.24, 2.45) is 0 Å². The minimum absolute atomic E-state index is 0.0452. The summed E-state index contributed by atoms with van der Waals surface area (Å²) in [6.07, 6.45) is 3.43. The molecule has 1 saturated heterocycles. The number of sulfonamides is 1. The van der Waals surface area contributed by atoms with Crippen LogP contribution < -0.4 is 0 Å². The van der Waals surface area contributed by atoms with Gasteiger partial charge in [0.25, 0.3) is 0 Å². The molecule has 3 nitrogen and oxygen atoms in total. The van der Waals surface area contributed by atoms with Gasteiger partial charge in [-0.15, -0.1) is 0 Å². The zero-order chi connectivity index (χ0) is 14.8. The van der Waals surface area contributed by atoms with Crippen LogP contribution in [0.2, 0.25) is 0 Å². The molecule has 1 heterocycles. The summed E-state index contributed by atoms with van der Waals surface area (Å²) in [6, 6.07) is 4.03. The highest BCUT2D eigenvalue weighted by atomic mass is 79.9. The first-order valence-corrected chi connectivity index (χ1v) is 9.85. The van der Waals surface area contributed by atoms with Gasteiger partial charge in [-0.05, 0) is 37.5 Å². The summed E-state index contributed by atoms with van der Waals surface area (Å²) in [4.78, 5) is -0.234. The molecule has 0 aliphatic carbocycles. The molecule has 112 valence electrons. The third kappa shape index (κ3) is 3.43. The molecule has 1 fully saturated rings. The Balaban J connectivity index is 2.37. The summed E-state index contributed by atoms with van der Waals surface area (Å²) in [6.45, 7) is 0.468. The summed E-state index contributed by atoms with van der Waals surface area (Å²) < 4.78 is 41.3. The molecule has 1 unspecified atom stereocenters. The van der Waals surface area contributed by atoms with Crippen molar-refractivity contribution < 1.29 is 12.8 Å². The molecule has 0 amide bonds. The Hall–Kier alpha value is 0.0200. The Morgan fingerprint density at radius 2 is 2.10 bits per heavy atom. The first-order chi connectivity index (χ1) is 9.46. The third-order valence-electron chi connectivity index (χ3n) is 3.50. The normalized spacial score (nSPS) is 21.1.